The van der Waals surface area contributed by atoms with Gasteiger partial charge in [-0.2, -0.15) is 4.98 Å². The highest BCUT2D eigenvalue weighted by Gasteiger charge is 2.32. The van der Waals surface area contributed by atoms with Crippen LogP contribution in [0.1, 0.15) is 19.8 Å². The maximum atomic E-state index is 13.4. The van der Waals surface area contributed by atoms with Gasteiger partial charge in [0, 0.05) is 28.7 Å². The molecule has 0 bridgehead atoms. The molecule has 0 saturated carbocycles. The number of piperidine rings is 1. The fraction of sp³-hybridized carbons (Fsp3) is 0.286. The Balaban J connectivity index is 1.83. The first-order valence-electron chi connectivity index (χ1n) is 9.37. The molecular formula is C21H20Cl2N2O3S. The van der Waals surface area contributed by atoms with Crippen LogP contribution in [0.3, 0.4) is 0 Å². The second kappa shape index (κ2) is 8.01. The summed E-state index contributed by atoms with van der Waals surface area (Å²) in [7, 11) is -3.88. The Labute approximate surface area is 180 Å². The molecule has 8 heteroatoms. The van der Waals surface area contributed by atoms with E-state index >= 15 is 0 Å². The standard InChI is InChI=1S/C21H20Cl2N2O3S/c1-14-9-11-25(12-10-14)21-20(29(26,27)18-7-5-16(22)6-8-18)24-19(28-21)15-3-2-4-17(23)13-15/h2-8,13-14H,9-12H2,1H3. The number of benzene rings is 2. The van der Waals surface area contributed by atoms with Crippen molar-refractivity contribution in [3.63, 3.8) is 0 Å². The Kier molecular flexibility index (Phi) is 5.60. The molecule has 0 unspecified atom stereocenters. The van der Waals surface area contributed by atoms with Gasteiger partial charge in [-0.1, -0.05) is 36.2 Å². The van der Waals surface area contributed by atoms with Gasteiger partial charge in [-0.15, -0.1) is 0 Å². The average Bonchev–Trinajstić information content (AvgIpc) is 3.15. The molecule has 1 aromatic heterocycles. The predicted octanol–water partition coefficient (Wildman–Crippen LogP) is 5.72. The molecule has 2 aromatic carbocycles. The van der Waals surface area contributed by atoms with Crippen LogP contribution in [0.25, 0.3) is 11.5 Å². The van der Waals surface area contributed by atoms with E-state index in [0.29, 0.717) is 34.6 Å². The minimum absolute atomic E-state index is 0.0793. The first kappa shape index (κ1) is 20.3. The van der Waals surface area contributed by atoms with Crippen molar-refractivity contribution >= 4 is 38.9 Å². The number of nitrogens with zero attached hydrogens (tertiary/aromatic N) is 2. The summed E-state index contributed by atoms with van der Waals surface area (Å²) in [4.78, 5) is 6.49. The third-order valence-corrected chi connectivity index (χ3v) is 7.26. The zero-order chi connectivity index (χ0) is 20.6. The van der Waals surface area contributed by atoms with Crippen molar-refractivity contribution in [3.05, 3.63) is 58.6 Å². The van der Waals surface area contributed by atoms with Crippen LogP contribution in [-0.2, 0) is 9.84 Å². The van der Waals surface area contributed by atoms with Crippen molar-refractivity contribution in [2.45, 2.75) is 29.7 Å². The first-order chi connectivity index (χ1) is 13.8. The molecule has 0 N–H and O–H groups in total. The molecule has 2 heterocycles. The summed E-state index contributed by atoms with van der Waals surface area (Å²) in [6.45, 7) is 3.63. The molecule has 1 saturated heterocycles. The summed E-state index contributed by atoms with van der Waals surface area (Å²) in [5, 5.41) is 0.912. The minimum atomic E-state index is -3.88. The van der Waals surface area contributed by atoms with Crippen molar-refractivity contribution in [3.8, 4) is 11.5 Å². The molecule has 4 rings (SSSR count). The number of hydrogen-bond donors (Lipinski definition) is 0. The Bertz CT molecular complexity index is 1120. The zero-order valence-corrected chi connectivity index (χ0v) is 18.1. The molecule has 0 aliphatic carbocycles. The predicted molar refractivity (Wildman–Crippen MR) is 114 cm³/mol. The summed E-state index contributed by atoms with van der Waals surface area (Å²) < 4.78 is 32.7. The molecule has 0 atom stereocenters. The van der Waals surface area contributed by atoms with E-state index in [1.165, 1.54) is 12.1 Å². The molecule has 152 valence electrons. The lowest BCUT2D eigenvalue weighted by Crippen LogP contribution is -2.33. The summed E-state index contributed by atoms with van der Waals surface area (Å²) >= 11 is 12.0. The van der Waals surface area contributed by atoms with E-state index in [2.05, 4.69) is 11.9 Å². The third kappa shape index (κ3) is 4.15. The van der Waals surface area contributed by atoms with Gasteiger partial charge in [-0.3, -0.25) is 0 Å². The van der Waals surface area contributed by atoms with Gasteiger partial charge < -0.3 is 9.32 Å². The van der Waals surface area contributed by atoms with Gasteiger partial charge in [0.15, 0.2) is 0 Å². The smallest absolute Gasteiger partial charge is 0.236 e. The highest BCUT2D eigenvalue weighted by atomic mass is 35.5. The van der Waals surface area contributed by atoms with Gasteiger partial charge in [0.2, 0.25) is 26.6 Å². The van der Waals surface area contributed by atoms with Crippen LogP contribution >= 0.6 is 23.2 Å². The minimum Gasteiger partial charge on any atom is -0.419 e. The summed E-state index contributed by atoms with van der Waals surface area (Å²) in [6.07, 6.45) is 1.93. The van der Waals surface area contributed by atoms with Crippen LogP contribution in [0.5, 0.6) is 0 Å². The molecule has 0 amide bonds. The summed E-state index contributed by atoms with van der Waals surface area (Å²) in [5.74, 6) is 1.10. The molecule has 29 heavy (non-hydrogen) atoms. The quantitative estimate of drug-likeness (QED) is 0.508. The Hall–Kier alpha value is -2.02. The lowest BCUT2D eigenvalue weighted by Gasteiger charge is -2.30. The van der Waals surface area contributed by atoms with Crippen LogP contribution in [0.15, 0.2) is 62.9 Å². The van der Waals surface area contributed by atoms with Crippen molar-refractivity contribution < 1.29 is 12.8 Å². The van der Waals surface area contributed by atoms with E-state index in [0.717, 1.165) is 12.8 Å². The Morgan fingerprint density at radius 1 is 1.03 bits per heavy atom. The molecule has 1 aliphatic heterocycles. The maximum Gasteiger partial charge on any atom is 0.236 e. The molecule has 1 aliphatic rings. The van der Waals surface area contributed by atoms with Crippen LogP contribution in [0.2, 0.25) is 10.0 Å². The van der Waals surface area contributed by atoms with E-state index in [-0.39, 0.29) is 21.7 Å². The van der Waals surface area contributed by atoms with E-state index in [1.807, 2.05) is 4.90 Å². The van der Waals surface area contributed by atoms with Gasteiger partial charge >= 0.3 is 0 Å². The highest BCUT2D eigenvalue weighted by molar-refractivity contribution is 7.91. The summed E-state index contributed by atoms with van der Waals surface area (Å²) in [6, 6.07) is 13.1. The molecule has 0 radical (unpaired) electrons. The average molecular weight is 451 g/mol. The molecule has 1 fully saturated rings. The number of rotatable bonds is 4. The van der Waals surface area contributed by atoms with E-state index < -0.39 is 9.84 Å². The van der Waals surface area contributed by atoms with Crippen molar-refractivity contribution in [1.82, 2.24) is 4.98 Å². The number of anilines is 1. The van der Waals surface area contributed by atoms with Crippen LogP contribution < -0.4 is 4.90 Å². The number of aromatic nitrogens is 1. The lowest BCUT2D eigenvalue weighted by molar-refractivity contribution is 0.415. The Morgan fingerprint density at radius 3 is 2.38 bits per heavy atom. The van der Waals surface area contributed by atoms with Gasteiger partial charge in [-0.25, -0.2) is 8.42 Å². The van der Waals surface area contributed by atoms with Crippen molar-refractivity contribution in [2.24, 2.45) is 5.92 Å². The zero-order valence-electron chi connectivity index (χ0n) is 15.8. The van der Waals surface area contributed by atoms with Crippen molar-refractivity contribution in [1.29, 1.82) is 0 Å². The number of hydrogen-bond acceptors (Lipinski definition) is 5. The molecule has 5 nitrogen and oxygen atoms in total. The van der Waals surface area contributed by atoms with Gasteiger partial charge in [-0.05, 0) is 61.2 Å². The SMILES string of the molecule is CC1CCN(c2oc(-c3cccc(Cl)c3)nc2S(=O)(=O)c2ccc(Cl)cc2)CC1. The van der Waals surface area contributed by atoms with Gasteiger partial charge in [0.25, 0.3) is 0 Å². The summed E-state index contributed by atoms with van der Waals surface area (Å²) in [5.41, 5.74) is 0.627. The highest BCUT2D eigenvalue weighted by Crippen LogP contribution is 2.37. The topological polar surface area (TPSA) is 63.4 Å². The fourth-order valence-corrected chi connectivity index (χ4v) is 4.99. The van der Waals surface area contributed by atoms with Crippen molar-refractivity contribution in [2.75, 3.05) is 18.0 Å². The normalized spacial score (nSPS) is 15.6. The lowest BCUT2D eigenvalue weighted by atomic mass is 9.99. The number of halogens is 2. The Morgan fingerprint density at radius 2 is 1.72 bits per heavy atom. The largest absolute Gasteiger partial charge is 0.419 e. The van der Waals surface area contributed by atoms with E-state index in [1.54, 1.807) is 36.4 Å². The van der Waals surface area contributed by atoms with E-state index in [4.69, 9.17) is 27.6 Å². The maximum absolute atomic E-state index is 13.4. The molecular weight excluding hydrogens is 431 g/mol. The fourth-order valence-electron chi connectivity index (χ4n) is 3.35. The van der Waals surface area contributed by atoms with Crippen LogP contribution in [0, 0.1) is 5.92 Å². The number of oxazole rings is 1. The van der Waals surface area contributed by atoms with Gasteiger partial charge in [0.05, 0.1) is 4.90 Å². The van der Waals surface area contributed by atoms with E-state index in [9.17, 15) is 8.42 Å². The number of sulfone groups is 1. The third-order valence-electron chi connectivity index (χ3n) is 5.10. The first-order valence-corrected chi connectivity index (χ1v) is 11.6. The van der Waals surface area contributed by atoms with Crippen LogP contribution in [0.4, 0.5) is 5.88 Å². The second-order valence-corrected chi connectivity index (χ2v) is 10.0. The molecule has 0 spiro atoms. The monoisotopic (exact) mass is 450 g/mol. The van der Waals surface area contributed by atoms with Gasteiger partial charge in [0.1, 0.15) is 0 Å². The molecule has 3 aromatic rings. The second-order valence-electron chi connectivity index (χ2n) is 7.27. The van der Waals surface area contributed by atoms with Crippen LogP contribution in [-0.4, -0.2) is 26.5 Å².